The van der Waals surface area contributed by atoms with Gasteiger partial charge in [0.1, 0.15) is 0 Å². The summed E-state index contributed by atoms with van der Waals surface area (Å²) in [6.45, 7) is 3.01. The van der Waals surface area contributed by atoms with E-state index in [2.05, 4.69) is 9.62 Å². The van der Waals surface area contributed by atoms with Crippen LogP contribution in [0.2, 0.25) is 5.02 Å². The molecule has 6 nitrogen and oxygen atoms in total. The third kappa shape index (κ3) is 4.17. The molecule has 8 heteroatoms. The Balaban J connectivity index is 1.74. The first-order chi connectivity index (χ1) is 12.4. The minimum absolute atomic E-state index is 0.0762. The van der Waals surface area contributed by atoms with Crippen molar-refractivity contribution in [3.8, 4) is 0 Å². The Morgan fingerprint density at radius 1 is 1.00 bits per heavy atom. The summed E-state index contributed by atoms with van der Waals surface area (Å²) in [6.07, 6.45) is 0. The fourth-order valence-corrected chi connectivity index (χ4v) is 4.04. The van der Waals surface area contributed by atoms with Gasteiger partial charge in [0.2, 0.25) is 0 Å². The summed E-state index contributed by atoms with van der Waals surface area (Å²) in [5, 5.41) is 0.318. The lowest BCUT2D eigenvalue weighted by Crippen LogP contribution is -2.47. The molecular weight excluding hydrogens is 374 g/mol. The Hall–Kier alpha value is -2.09. The molecule has 0 saturated carbocycles. The third-order valence-corrected chi connectivity index (χ3v) is 6.03. The molecular formula is C18H20ClN3O3S. The van der Waals surface area contributed by atoms with Gasteiger partial charge in [-0.15, -0.1) is 0 Å². The average molecular weight is 394 g/mol. The number of carbonyl (C=O) groups is 1. The lowest BCUT2D eigenvalue weighted by molar-refractivity contribution is 0.0664. The van der Waals surface area contributed by atoms with Crippen LogP contribution in [0.3, 0.4) is 0 Å². The van der Waals surface area contributed by atoms with E-state index in [4.69, 9.17) is 11.6 Å². The maximum atomic E-state index is 12.5. The molecule has 0 aromatic heterocycles. The molecule has 1 amide bonds. The van der Waals surface area contributed by atoms with Crippen molar-refractivity contribution in [3.05, 3.63) is 59.1 Å². The van der Waals surface area contributed by atoms with Crippen molar-refractivity contribution in [3.63, 3.8) is 0 Å². The summed E-state index contributed by atoms with van der Waals surface area (Å²) >= 11 is 6.00. The average Bonchev–Trinajstić information content (AvgIpc) is 2.64. The van der Waals surface area contributed by atoms with Gasteiger partial charge in [-0.2, -0.15) is 0 Å². The van der Waals surface area contributed by atoms with Crippen molar-refractivity contribution >= 4 is 33.2 Å². The smallest absolute Gasteiger partial charge is 0.261 e. The summed E-state index contributed by atoms with van der Waals surface area (Å²) in [4.78, 5) is 16.6. The second kappa shape index (κ2) is 7.65. The van der Waals surface area contributed by atoms with Crippen LogP contribution >= 0.6 is 11.6 Å². The van der Waals surface area contributed by atoms with Crippen LogP contribution in [-0.2, 0) is 10.0 Å². The third-order valence-electron chi connectivity index (χ3n) is 4.32. The molecule has 1 aliphatic rings. The summed E-state index contributed by atoms with van der Waals surface area (Å²) in [7, 11) is -1.76. The van der Waals surface area contributed by atoms with Crippen LogP contribution in [-0.4, -0.2) is 57.4 Å². The van der Waals surface area contributed by atoms with Crippen molar-refractivity contribution in [1.82, 2.24) is 9.80 Å². The van der Waals surface area contributed by atoms with Crippen molar-refractivity contribution < 1.29 is 13.2 Å². The number of carbonyl (C=O) groups excluding carboxylic acids is 1. The number of nitrogens with one attached hydrogen (secondary N) is 1. The predicted octanol–water partition coefficient (Wildman–Crippen LogP) is 2.53. The Kier molecular flexibility index (Phi) is 5.50. The maximum absolute atomic E-state index is 12.5. The summed E-state index contributed by atoms with van der Waals surface area (Å²) in [5.74, 6) is -0.0823. The lowest BCUT2D eigenvalue weighted by Gasteiger charge is -2.32. The number of benzene rings is 2. The second-order valence-electron chi connectivity index (χ2n) is 6.21. The number of hydrogen-bond donors (Lipinski definition) is 1. The highest BCUT2D eigenvalue weighted by molar-refractivity contribution is 7.92. The molecule has 1 saturated heterocycles. The predicted molar refractivity (Wildman–Crippen MR) is 102 cm³/mol. The fourth-order valence-electron chi connectivity index (χ4n) is 2.72. The Morgan fingerprint density at radius 3 is 2.23 bits per heavy atom. The number of halogens is 1. The SMILES string of the molecule is CN1CCN(C(=O)c2ccc(S(=O)(=O)Nc3ccccc3Cl)cc2)CC1. The number of para-hydroxylation sites is 1. The van der Waals surface area contributed by atoms with Crippen LogP contribution in [0.5, 0.6) is 0 Å². The van der Waals surface area contributed by atoms with E-state index in [9.17, 15) is 13.2 Å². The number of anilines is 1. The quantitative estimate of drug-likeness (QED) is 0.866. The van der Waals surface area contributed by atoms with Gasteiger partial charge in [0.15, 0.2) is 0 Å². The Morgan fingerprint density at radius 2 is 1.62 bits per heavy atom. The van der Waals surface area contributed by atoms with E-state index in [0.29, 0.717) is 29.4 Å². The Labute approximate surface area is 158 Å². The highest BCUT2D eigenvalue weighted by Gasteiger charge is 2.21. The molecule has 0 radical (unpaired) electrons. The molecule has 2 aromatic rings. The van der Waals surface area contributed by atoms with Crippen molar-refractivity contribution in [2.24, 2.45) is 0 Å². The lowest BCUT2D eigenvalue weighted by atomic mass is 10.2. The first kappa shape index (κ1) is 18.7. The van der Waals surface area contributed by atoms with E-state index < -0.39 is 10.0 Å². The van der Waals surface area contributed by atoms with E-state index >= 15 is 0 Å². The van der Waals surface area contributed by atoms with Crippen molar-refractivity contribution in [2.75, 3.05) is 37.9 Å². The molecule has 0 unspecified atom stereocenters. The highest BCUT2D eigenvalue weighted by atomic mass is 35.5. The van der Waals surface area contributed by atoms with E-state index in [1.807, 2.05) is 7.05 Å². The molecule has 0 aliphatic carbocycles. The fraction of sp³-hybridized carbons (Fsp3) is 0.278. The number of rotatable bonds is 4. The number of amides is 1. The molecule has 1 aliphatic heterocycles. The maximum Gasteiger partial charge on any atom is 0.261 e. The summed E-state index contributed by atoms with van der Waals surface area (Å²) in [5.41, 5.74) is 0.790. The molecule has 0 bridgehead atoms. The van der Waals surface area contributed by atoms with Crippen LogP contribution < -0.4 is 4.72 Å². The molecule has 1 fully saturated rings. The van der Waals surface area contributed by atoms with Gasteiger partial charge in [-0.1, -0.05) is 23.7 Å². The molecule has 2 aromatic carbocycles. The normalized spacial score (nSPS) is 15.7. The van der Waals surface area contributed by atoms with Crippen molar-refractivity contribution in [2.45, 2.75) is 4.90 Å². The van der Waals surface area contributed by atoms with Gasteiger partial charge in [0, 0.05) is 31.7 Å². The van der Waals surface area contributed by atoms with Gasteiger partial charge >= 0.3 is 0 Å². The van der Waals surface area contributed by atoms with Crippen LogP contribution in [0.1, 0.15) is 10.4 Å². The minimum atomic E-state index is -3.78. The highest BCUT2D eigenvalue weighted by Crippen LogP contribution is 2.24. The van der Waals surface area contributed by atoms with E-state index in [1.165, 1.54) is 12.1 Å². The molecule has 0 spiro atoms. The molecule has 26 heavy (non-hydrogen) atoms. The van der Waals surface area contributed by atoms with Crippen LogP contribution in [0.4, 0.5) is 5.69 Å². The first-order valence-electron chi connectivity index (χ1n) is 8.22. The van der Waals surface area contributed by atoms with Gasteiger partial charge < -0.3 is 9.80 Å². The largest absolute Gasteiger partial charge is 0.336 e. The standard InChI is InChI=1S/C18H20ClN3O3S/c1-21-10-12-22(13-11-21)18(23)14-6-8-15(9-7-14)26(24,25)20-17-5-3-2-4-16(17)19/h2-9,20H,10-13H2,1H3. The van der Waals surface area contributed by atoms with Gasteiger partial charge in [-0.25, -0.2) is 8.42 Å². The second-order valence-corrected chi connectivity index (χ2v) is 8.29. The van der Waals surface area contributed by atoms with Crippen LogP contribution in [0.15, 0.2) is 53.4 Å². The van der Waals surface area contributed by atoms with Gasteiger partial charge in [-0.3, -0.25) is 9.52 Å². The molecule has 0 atom stereocenters. The molecule has 1 N–H and O–H groups in total. The zero-order valence-electron chi connectivity index (χ0n) is 14.4. The zero-order valence-corrected chi connectivity index (χ0v) is 15.9. The number of hydrogen-bond acceptors (Lipinski definition) is 4. The molecule has 138 valence electrons. The number of piperazine rings is 1. The monoisotopic (exact) mass is 393 g/mol. The topological polar surface area (TPSA) is 69.7 Å². The Bertz CT molecular complexity index is 892. The number of sulfonamides is 1. The zero-order chi connectivity index (χ0) is 18.7. The van der Waals surface area contributed by atoms with E-state index in [1.54, 1.807) is 41.3 Å². The van der Waals surface area contributed by atoms with Gasteiger partial charge in [0.05, 0.1) is 15.6 Å². The minimum Gasteiger partial charge on any atom is -0.336 e. The number of nitrogens with zero attached hydrogens (tertiary/aromatic N) is 2. The van der Waals surface area contributed by atoms with Crippen molar-refractivity contribution in [1.29, 1.82) is 0 Å². The van der Waals surface area contributed by atoms with Gasteiger partial charge in [0.25, 0.3) is 15.9 Å². The summed E-state index contributed by atoms with van der Waals surface area (Å²) in [6, 6.07) is 12.6. The van der Waals surface area contributed by atoms with Crippen LogP contribution in [0.25, 0.3) is 0 Å². The van der Waals surface area contributed by atoms with E-state index in [0.717, 1.165) is 13.1 Å². The molecule has 3 rings (SSSR count). The molecule has 1 heterocycles. The van der Waals surface area contributed by atoms with E-state index in [-0.39, 0.29) is 10.8 Å². The van der Waals surface area contributed by atoms with Gasteiger partial charge in [-0.05, 0) is 43.4 Å². The number of likely N-dealkylation sites (N-methyl/N-ethyl adjacent to an activating group) is 1. The summed E-state index contributed by atoms with van der Waals surface area (Å²) < 4.78 is 27.5. The van der Waals surface area contributed by atoms with Crippen LogP contribution in [0, 0.1) is 0 Å². The first-order valence-corrected chi connectivity index (χ1v) is 10.1.